The summed E-state index contributed by atoms with van der Waals surface area (Å²) in [6.45, 7) is 2.09. The van der Waals surface area contributed by atoms with E-state index in [1.807, 2.05) is 18.2 Å². The van der Waals surface area contributed by atoms with Gasteiger partial charge in [0.1, 0.15) is 17.3 Å². The van der Waals surface area contributed by atoms with Gasteiger partial charge in [-0.05, 0) is 48.9 Å². The average Bonchev–Trinajstić information content (AvgIpc) is 3.27. The minimum absolute atomic E-state index is 0.0500. The van der Waals surface area contributed by atoms with E-state index in [0.29, 0.717) is 13.1 Å². The Hall–Kier alpha value is -2.44. The molecule has 2 aromatic heterocycles. The van der Waals surface area contributed by atoms with Crippen LogP contribution in [-0.2, 0) is 6.54 Å². The first-order valence-corrected chi connectivity index (χ1v) is 8.43. The highest BCUT2D eigenvalue weighted by Gasteiger charge is 2.29. The molecule has 0 bridgehead atoms. The number of hydrogen-bond donors (Lipinski definition) is 2. The Morgan fingerprint density at radius 1 is 1.20 bits per heavy atom. The number of rotatable bonds is 4. The van der Waals surface area contributed by atoms with Gasteiger partial charge in [0.25, 0.3) is 0 Å². The molecule has 1 aromatic carbocycles. The summed E-state index contributed by atoms with van der Waals surface area (Å²) in [5.41, 5.74) is 1.84. The number of furan rings is 1. The molecule has 5 nitrogen and oxygen atoms in total. The first-order chi connectivity index (χ1) is 12.2. The summed E-state index contributed by atoms with van der Waals surface area (Å²) in [4.78, 5) is 2.18. The first-order valence-electron chi connectivity index (χ1n) is 8.43. The standard InChI is InChI=1S/C19H20FN3O2/c20-14-3-1-13(2-4-14)16-8-10-23(12-18(16)24)11-15-5-6-19(25-15)17-7-9-21-22-17/h1-7,9,16,18,24H,8,10-12H2,(H,21,22)/t16-,18+/m0/s1. The van der Waals surface area contributed by atoms with E-state index in [9.17, 15) is 9.50 Å². The highest BCUT2D eigenvalue weighted by Crippen LogP contribution is 2.30. The molecule has 6 heteroatoms. The molecule has 4 rings (SSSR count). The van der Waals surface area contributed by atoms with Gasteiger partial charge in [-0.15, -0.1) is 0 Å². The van der Waals surface area contributed by atoms with Crippen LogP contribution in [0.3, 0.4) is 0 Å². The molecule has 0 spiro atoms. The number of hydrogen-bond acceptors (Lipinski definition) is 4. The molecule has 1 aliphatic heterocycles. The van der Waals surface area contributed by atoms with Crippen molar-refractivity contribution in [3.63, 3.8) is 0 Å². The summed E-state index contributed by atoms with van der Waals surface area (Å²) in [5, 5.41) is 17.3. The molecule has 1 saturated heterocycles. The molecule has 2 atom stereocenters. The largest absolute Gasteiger partial charge is 0.458 e. The van der Waals surface area contributed by atoms with E-state index in [-0.39, 0.29) is 11.7 Å². The van der Waals surface area contributed by atoms with E-state index in [4.69, 9.17) is 4.42 Å². The number of aromatic nitrogens is 2. The van der Waals surface area contributed by atoms with E-state index in [2.05, 4.69) is 15.1 Å². The third-order valence-corrected chi connectivity index (χ3v) is 4.77. The molecule has 1 fully saturated rings. The predicted molar refractivity (Wildman–Crippen MR) is 91.3 cm³/mol. The second kappa shape index (κ2) is 6.82. The molecule has 1 aliphatic rings. The number of nitrogens with one attached hydrogen (secondary N) is 1. The zero-order valence-electron chi connectivity index (χ0n) is 13.7. The molecule has 130 valence electrons. The molecular formula is C19H20FN3O2. The average molecular weight is 341 g/mol. The molecule has 0 saturated carbocycles. The van der Waals surface area contributed by atoms with Gasteiger partial charge in [-0.3, -0.25) is 10.00 Å². The van der Waals surface area contributed by atoms with Crippen molar-refractivity contribution >= 4 is 0 Å². The Kier molecular flexibility index (Phi) is 4.38. The lowest BCUT2D eigenvalue weighted by atomic mass is 9.87. The SMILES string of the molecule is O[C@@H]1CN(Cc2ccc(-c3ccn[nH]3)o2)CC[C@H]1c1ccc(F)cc1. The zero-order valence-corrected chi connectivity index (χ0v) is 13.7. The van der Waals surface area contributed by atoms with Gasteiger partial charge < -0.3 is 9.52 Å². The van der Waals surface area contributed by atoms with Crippen molar-refractivity contribution in [2.75, 3.05) is 13.1 Å². The third kappa shape index (κ3) is 3.50. The lowest BCUT2D eigenvalue weighted by Crippen LogP contribution is -2.42. The van der Waals surface area contributed by atoms with Gasteiger partial charge in [0, 0.05) is 18.7 Å². The quantitative estimate of drug-likeness (QED) is 0.765. The summed E-state index contributed by atoms with van der Waals surface area (Å²) < 4.78 is 18.9. The topological polar surface area (TPSA) is 65.3 Å². The Morgan fingerprint density at radius 3 is 2.76 bits per heavy atom. The maximum absolute atomic E-state index is 13.1. The summed E-state index contributed by atoms with van der Waals surface area (Å²) >= 11 is 0. The number of aliphatic hydroxyl groups excluding tert-OH is 1. The van der Waals surface area contributed by atoms with Crippen molar-refractivity contribution in [2.24, 2.45) is 0 Å². The number of β-amino-alcohol motifs (C(OH)–C–C–N with tert-alkyl or cyclic N) is 1. The van der Waals surface area contributed by atoms with Crippen molar-refractivity contribution in [3.8, 4) is 11.5 Å². The number of benzene rings is 1. The monoisotopic (exact) mass is 341 g/mol. The molecule has 0 amide bonds. The molecular weight excluding hydrogens is 321 g/mol. The smallest absolute Gasteiger partial charge is 0.152 e. The molecule has 3 heterocycles. The summed E-state index contributed by atoms with van der Waals surface area (Å²) in [6, 6.07) is 12.2. The number of nitrogens with zero attached hydrogens (tertiary/aromatic N) is 2. The predicted octanol–water partition coefficient (Wildman–Crippen LogP) is 3.16. The summed E-state index contributed by atoms with van der Waals surface area (Å²) in [5.74, 6) is 1.42. The maximum atomic E-state index is 13.1. The van der Waals surface area contributed by atoms with Crippen molar-refractivity contribution in [1.29, 1.82) is 0 Å². The Balaban J connectivity index is 1.39. The van der Waals surface area contributed by atoms with Gasteiger partial charge in [0.15, 0.2) is 5.76 Å². The second-order valence-electron chi connectivity index (χ2n) is 6.49. The fourth-order valence-corrected chi connectivity index (χ4v) is 3.46. The second-order valence-corrected chi connectivity index (χ2v) is 6.49. The number of H-pyrrole nitrogens is 1. The Labute approximate surface area is 145 Å². The van der Waals surface area contributed by atoms with Crippen LogP contribution >= 0.6 is 0 Å². The third-order valence-electron chi connectivity index (χ3n) is 4.77. The zero-order chi connectivity index (χ0) is 17.2. The van der Waals surface area contributed by atoms with Crippen LogP contribution in [0.15, 0.2) is 53.1 Å². The molecule has 0 aliphatic carbocycles. The van der Waals surface area contributed by atoms with Crippen molar-refractivity contribution in [2.45, 2.75) is 25.0 Å². The Morgan fingerprint density at radius 2 is 2.04 bits per heavy atom. The van der Waals surface area contributed by atoms with Crippen LogP contribution < -0.4 is 0 Å². The van der Waals surface area contributed by atoms with Gasteiger partial charge in [-0.1, -0.05) is 12.1 Å². The number of likely N-dealkylation sites (tertiary alicyclic amines) is 1. The van der Waals surface area contributed by atoms with Gasteiger partial charge in [-0.25, -0.2) is 4.39 Å². The van der Waals surface area contributed by atoms with Crippen molar-refractivity contribution in [3.05, 3.63) is 65.8 Å². The highest BCUT2D eigenvalue weighted by molar-refractivity contribution is 5.51. The fourth-order valence-electron chi connectivity index (χ4n) is 3.46. The van der Waals surface area contributed by atoms with E-state index >= 15 is 0 Å². The van der Waals surface area contributed by atoms with E-state index in [0.717, 1.165) is 35.7 Å². The van der Waals surface area contributed by atoms with Crippen LogP contribution in [-0.4, -0.2) is 39.4 Å². The van der Waals surface area contributed by atoms with E-state index in [1.54, 1.807) is 18.3 Å². The van der Waals surface area contributed by atoms with Gasteiger partial charge in [0.2, 0.25) is 0 Å². The maximum Gasteiger partial charge on any atom is 0.152 e. The lowest BCUT2D eigenvalue weighted by Gasteiger charge is -2.35. The van der Waals surface area contributed by atoms with Gasteiger partial charge >= 0.3 is 0 Å². The normalized spacial score (nSPS) is 21.5. The Bertz CT molecular complexity index is 814. The molecule has 25 heavy (non-hydrogen) atoms. The van der Waals surface area contributed by atoms with Crippen LogP contribution in [0.25, 0.3) is 11.5 Å². The van der Waals surface area contributed by atoms with E-state index in [1.165, 1.54) is 12.1 Å². The van der Waals surface area contributed by atoms with Crippen LogP contribution in [0, 0.1) is 5.82 Å². The van der Waals surface area contributed by atoms with Gasteiger partial charge in [0.05, 0.1) is 12.6 Å². The molecule has 0 radical (unpaired) electrons. The van der Waals surface area contributed by atoms with Crippen LogP contribution in [0.5, 0.6) is 0 Å². The fraction of sp³-hybridized carbons (Fsp3) is 0.316. The van der Waals surface area contributed by atoms with Crippen molar-refractivity contribution in [1.82, 2.24) is 15.1 Å². The van der Waals surface area contributed by atoms with Crippen LogP contribution in [0.4, 0.5) is 4.39 Å². The number of aliphatic hydroxyl groups is 1. The minimum atomic E-state index is -0.471. The highest BCUT2D eigenvalue weighted by atomic mass is 19.1. The molecule has 2 N–H and O–H groups in total. The number of halogens is 1. The molecule has 0 unspecified atom stereocenters. The summed E-state index contributed by atoms with van der Waals surface area (Å²) in [6.07, 6.45) is 2.05. The van der Waals surface area contributed by atoms with Crippen molar-refractivity contribution < 1.29 is 13.9 Å². The lowest BCUT2D eigenvalue weighted by molar-refractivity contribution is 0.0448. The van der Waals surface area contributed by atoms with Crippen LogP contribution in [0.1, 0.15) is 23.7 Å². The van der Waals surface area contributed by atoms with E-state index < -0.39 is 6.10 Å². The summed E-state index contributed by atoms with van der Waals surface area (Å²) in [7, 11) is 0. The van der Waals surface area contributed by atoms with Crippen LogP contribution in [0.2, 0.25) is 0 Å². The molecule has 3 aromatic rings. The number of piperidine rings is 1. The minimum Gasteiger partial charge on any atom is -0.458 e. The number of aromatic amines is 1. The first kappa shape index (κ1) is 16.1. The van der Waals surface area contributed by atoms with Gasteiger partial charge in [-0.2, -0.15) is 5.10 Å².